The Bertz CT molecular complexity index is 2460. The second kappa shape index (κ2) is 14.7. The van der Waals surface area contributed by atoms with Crippen molar-refractivity contribution in [1.29, 1.82) is 0 Å². The van der Waals surface area contributed by atoms with Gasteiger partial charge in [0.1, 0.15) is 23.5 Å². The zero-order valence-electron chi connectivity index (χ0n) is 32.1. The number of rotatable bonds is 8. The van der Waals surface area contributed by atoms with Gasteiger partial charge in [0.15, 0.2) is 0 Å². The van der Waals surface area contributed by atoms with E-state index in [1.807, 2.05) is 22.7 Å². The maximum atomic E-state index is 14.1. The number of pyridine rings is 1. The largest absolute Gasteiger partial charge is 0.371 e. The van der Waals surface area contributed by atoms with Gasteiger partial charge in [-0.3, -0.25) is 34.3 Å². The lowest BCUT2D eigenvalue weighted by molar-refractivity contribution is -0.136. The number of carbonyl (C=O) groups excluding carboxylic acids is 4. The summed E-state index contributed by atoms with van der Waals surface area (Å²) in [6, 6.07) is 25.9. The molecule has 4 saturated heterocycles. The van der Waals surface area contributed by atoms with Crippen molar-refractivity contribution in [3.8, 4) is 11.4 Å². The molecule has 13 nitrogen and oxygen atoms in total. The van der Waals surface area contributed by atoms with E-state index < -0.39 is 23.8 Å². The summed E-state index contributed by atoms with van der Waals surface area (Å²) >= 11 is 0. The first kappa shape index (κ1) is 36.2. The molecular weight excluding hydrogens is 738 g/mol. The SMILES string of the molecule is O=C1CCC(N2C(=O)c3ccc(N4CCC(CN5CCN(c6cccc(-c7ccc8ccc(N9CCC[C@@H]9c9cccc(F)c9)nn78)n6)CC5)C4)cc3C2=O)C(=O)N1. The summed E-state index contributed by atoms with van der Waals surface area (Å²) in [6.07, 6.45) is 3.24. The van der Waals surface area contributed by atoms with Crippen LogP contribution in [0, 0.1) is 11.7 Å². The van der Waals surface area contributed by atoms with Crippen LogP contribution in [-0.4, -0.2) is 106 Å². The highest BCUT2D eigenvalue weighted by molar-refractivity contribution is 6.23. The lowest BCUT2D eigenvalue weighted by Crippen LogP contribution is -2.54. The van der Waals surface area contributed by atoms with Gasteiger partial charge in [0.05, 0.1) is 34.1 Å². The van der Waals surface area contributed by atoms with E-state index in [9.17, 15) is 23.6 Å². The van der Waals surface area contributed by atoms with Crippen LogP contribution in [0.15, 0.2) is 84.9 Å². The average molecular weight is 782 g/mol. The van der Waals surface area contributed by atoms with Crippen LogP contribution < -0.4 is 20.0 Å². The first-order valence-corrected chi connectivity index (χ1v) is 20.3. The molecule has 0 radical (unpaired) electrons. The molecule has 0 aliphatic carbocycles. The number of benzene rings is 2. The number of piperazine rings is 1. The van der Waals surface area contributed by atoms with Crippen molar-refractivity contribution in [3.63, 3.8) is 0 Å². The van der Waals surface area contributed by atoms with Gasteiger partial charge in [-0.25, -0.2) is 13.9 Å². The number of nitrogens with zero attached hydrogens (tertiary/aromatic N) is 8. The lowest BCUT2D eigenvalue weighted by Gasteiger charge is -2.36. The Morgan fingerprint density at radius 1 is 0.724 bits per heavy atom. The number of halogens is 1. The monoisotopic (exact) mass is 781 g/mol. The molecule has 1 N–H and O–H groups in total. The quantitative estimate of drug-likeness (QED) is 0.217. The number of aromatic nitrogens is 3. The molecule has 296 valence electrons. The van der Waals surface area contributed by atoms with Crippen molar-refractivity contribution in [2.75, 3.05) is 67.1 Å². The third-order valence-corrected chi connectivity index (χ3v) is 12.6. The van der Waals surface area contributed by atoms with Crippen LogP contribution in [0.25, 0.3) is 16.9 Å². The number of nitrogens with one attached hydrogen (secondary N) is 1. The molecule has 5 aliphatic rings. The van der Waals surface area contributed by atoms with Crippen molar-refractivity contribution in [2.45, 2.75) is 44.2 Å². The molecule has 10 rings (SSSR count). The van der Waals surface area contributed by atoms with Crippen molar-refractivity contribution in [1.82, 2.24) is 29.7 Å². The van der Waals surface area contributed by atoms with Crippen LogP contribution in [0.5, 0.6) is 0 Å². The van der Waals surface area contributed by atoms with Crippen molar-refractivity contribution in [3.05, 3.63) is 107 Å². The van der Waals surface area contributed by atoms with Gasteiger partial charge in [-0.15, -0.1) is 5.10 Å². The van der Waals surface area contributed by atoms with E-state index in [0.717, 1.165) is 116 Å². The van der Waals surface area contributed by atoms with Crippen molar-refractivity contribution >= 4 is 46.5 Å². The predicted molar refractivity (Wildman–Crippen MR) is 216 cm³/mol. The van der Waals surface area contributed by atoms with E-state index in [2.05, 4.69) is 61.3 Å². The second-order valence-corrected chi connectivity index (χ2v) is 16.1. The highest BCUT2D eigenvalue weighted by Gasteiger charge is 2.45. The first-order chi connectivity index (χ1) is 28.3. The fraction of sp³-hybridized carbons (Fsp3) is 0.364. The van der Waals surface area contributed by atoms with Crippen LogP contribution >= 0.6 is 0 Å². The van der Waals surface area contributed by atoms with Gasteiger partial charge < -0.3 is 14.7 Å². The summed E-state index contributed by atoms with van der Waals surface area (Å²) in [5.74, 6) is 0.101. The van der Waals surface area contributed by atoms with Crippen LogP contribution in [0.2, 0.25) is 0 Å². The maximum Gasteiger partial charge on any atom is 0.262 e. The molecule has 2 aromatic carbocycles. The number of hydrogen-bond donors (Lipinski definition) is 1. The van der Waals surface area contributed by atoms with Crippen LogP contribution in [-0.2, 0) is 9.59 Å². The van der Waals surface area contributed by atoms with Gasteiger partial charge in [-0.2, -0.15) is 0 Å². The average Bonchev–Trinajstić information content (AvgIpc) is 4.05. The summed E-state index contributed by atoms with van der Waals surface area (Å²) < 4.78 is 16.1. The summed E-state index contributed by atoms with van der Waals surface area (Å²) in [5, 5.41) is 7.35. The van der Waals surface area contributed by atoms with Gasteiger partial charge >= 0.3 is 0 Å². The van der Waals surface area contributed by atoms with Crippen molar-refractivity contribution in [2.24, 2.45) is 5.92 Å². The van der Waals surface area contributed by atoms with Gasteiger partial charge in [-0.05, 0) is 104 Å². The van der Waals surface area contributed by atoms with Crippen LogP contribution in [0.4, 0.5) is 21.7 Å². The number of amides is 4. The zero-order valence-corrected chi connectivity index (χ0v) is 32.1. The molecule has 3 atom stereocenters. The summed E-state index contributed by atoms with van der Waals surface area (Å²) in [6.45, 7) is 7.14. The van der Waals surface area contributed by atoms with E-state index in [-0.39, 0.29) is 30.6 Å². The Kier molecular flexibility index (Phi) is 9.15. The minimum absolute atomic E-state index is 0.0822. The summed E-state index contributed by atoms with van der Waals surface area (Å²) in [5.41, 5.74) is 5.26. The fourth-order valence-electron chi connectivity index (χ4n) is 9.57. The molecule has 3 aromatic heterocycles. The van der Waals surface area contributed by atoms with Crippen molar-refractivity contribution < 1.29 is 23.6 Å². The highest BCUT2D eigenvalue weighted by Crippen LogP contribution is 2.37. The molecule has 2 unspecified atom stereocenters. The smallest absolute Gasteiger partial charge is 0.262 e. The van der Waals surface area contributed by atoms with Crippen LogP contribution in [0.1, 0.15) is 64.4 Å². The Morgan fingerprint density at radius 3 is 2.40 bits per heavy atom. The normalized spacial score (nSPS) is 22.7. The van der Waals surface area contributed by atoms with E-state index >= 15 is 0 Å². The number of anilines is 3. The molecule has 0 saturated carbocycles. The van der Waals surface area contributed by atoms with Gasteiger partial charge in [0.2, 0.25) is 11.8 Å². The third kappa shape index (κ3) is 6.54. The Labute approximate surface area is 335 Å². The molecule has 58 heavy (non-hydrogen) atoms. The summed E-state index contributed by atoms with van der Waals surface area (Å²) in [4.78, 5) is 66.3. The second-order valence-electron chi connectivity index (χ2n) is 16.1. The van der Waals surface area contributed by atoms with E-state index in [0.29, 0.717) is 17.0 Å². The van der Waals surface area contributed by atoms with Gasteiger partial charge in [0.25, 0.3) is 11.8 Å². The molecule has 4 amide bonds. The minimum Gasteiger partial charge on any atom is -0.371 e. The van der Waals surface area contributed by atoms with Gasteiger partial charge in [-0.1, -0.05) is 18.2 Å². The first-order valence-electron chi connectivity index (χ1n) is 20.3. The number of imide groups is 2. The van der Waals surface area contributed by atoms with Crippen LogP contribution in [0.3, 0.4) is 0 Å². The lowest BCUT2D eigenvalue weighted by atomic mass is 10.0. The maximum absolute atomic E-state index is 14.1. The molecule has 5 aliphatic heterocycles. The fourth-order valence-corrected chi connectivity index (χ4v) is 9.57. The summed E-state index contributed by atoms with van der Waals surface area (Å²) in [7, 11) is 0. The predicted octanol–water partition coefficient (Wildman–Crippen LogP) is 4.93. The topological polar surface area (TPSA) is 127 Å². The van der Waals surface area contributed by atoms with E-state index in [1.54, 1.807) is 24.3 Å². The Hall–Kier alpha value is -6.15. The van der Waals surface area contributed by atoms with E-state index in [4.69, 9.17) is 10.1 Å². The number of fused-ring (bicyclic) bond motifs is 2. The minimum atomic E-state index is -0.972. The zero-order chi connectivity index (χ0) is 39.5. The molecule has 0 spiro atoms. The van der Waals surface area contributed by atoms with E-state index in [1.165, 1.54) is 6.07 Å². The third-order valence-electron chi connectivity index (χ3n) is 12.6. The Balaban J connectivity index is 0.766. The highest BCUT2D eigenvalue weighted by atomic mass is 19.1. The molecule has 14 heteroatoms. The number of carbonyl (C=O) groups is 4. The molecule has 0 bridgehead atoms. The molecule has 4 fully saturated rings. The molecule has 5 aromatic rings. The number of piperidine rings is 1. The molecule has 8 heterocycles. The molecular formula is C44H44FN9O4. The standard InChI is InChI=1S/C44H44FN9O4/c45-30-5-1-4-29(24-30)36-7-3-18-52(36)40-15-11-31-10-13-37(54(31)48-40)35-6-2-8-39(46-35)50-22-20-49(21-23-50)26-28-17-19-51(27-28)32-9-12-33-34(25-32)44(58)53(43(33)57)38-14-16-41(55)47-42(38)56/h1-2,4-6,8-13,15,24-25,28,36,38H,3,7,14,16-23,26-27H2,(H,47,55,56)/t28?,36-,38?/m1/s1. The number of hydrogen-bond acceptors (Lipinski definition) is 10. The Morgan fingerprint density at radius 2 is 1.55 bits per heavy atom. The van der Waals surface area contributed by atoms with Gasteiger partial charge in [0, 0.05) is 64.5 Å².